The third-order valence-corrected chi connectivity index (χ3v) is 3.45. The predicted octanol–water partition coefficient (Wildman–Crippen LogP) is 2.76. The second-order valence-corrected chi connectivity index (χ2v) is 6.33. The van der Waals surface area contributed by atoms with Crippen molar-refractivity contribution in [3.05, 3.63) is 47.4 Å². The summed E-state index contributed by atoms with van der Waals surface area (Å²) in [6, 6.07) is 4.34. The quantitative estimate of drug-likeness (QED) is 0.827. The molecule has 25 heavy (non-hydrogen) atoms. The normalized spacial score (nSPS) is 11.4. The Hall–Kier alpha value is -2.48. The van der Waals surface area contributed by atoms with E-state index in [2.05, 4.69) is 5.16 Å². The fraction of sp³-hybridized carbons (Fsp3) is 0.412. The number of benzene rings is 1. The number of halogens is 2. The number of ether oxygens (including phenoxy) is 1. The van der Waals surface area contributed by atoms with Gasteiger partial charge < -0.3 is 19.3 Å². The summed E-state index contributed by atoms with van der Waals surface area (Å²) in [5, 5.41) is 13.4. The average Bonchev–Trinajstić information content (AvgIpc) is 2.99. The molecular weight excluding hydrogens is 334 g/mol. The van der Waals surface area contributed by atoms with Crippen molar-refractivity contribution in [3.8, 4) is 5.75 Å². The maximum absolute atomic E-state index is 13.5. The molecule has 2 aromatic rings. The summed E-state index contributed by atoms with van der Waals surface area (Å²) >= 11 is 0. The molecule has 0 aliphatic carbocycles. The van der Waals surface area contributed by atoms with Crippen LogP contribution in [0.1, 0.15) is 36.5 Å². The largest absolute Gasteiger partial charge is 0.482 e. The number of carbonyl (C=O) groups is 1. The van der Waals surface area contributed by atoms with E-state index in [4.69, 9.17) is 9.26 Å². The number of carbonyl (C=O) groups excluding carboxylic acids is 1. The summed E-state index contributed by atoms with van der Waals surface area (Å²) < 4.78 is 36.5. The van der Waals surface area contributed by atoms with Crippen LogP contribution in [-0.4, -0.2) is 40.3 Å². The van der Waals surface area contributed by atoms with Crippen molar-refractivity contribution in [2.45, 2.75) is 32.5 Å². The second kappa shape index (κ2) is 7.60. The average molecular weight is 354 g/mol. The van der Waals surface area contributed by atoms with Gasteiger partial charge in [0.05, 0.1) is 5.60 Å². The van der Waals surface area contributed by atoms with Crippen molar-refractivity contribution in [1.29, 1.82) is 0 Å². The molecule has 0 saturated carbocycles. The van der Waals surface area contributed by atoms with Crippen molar-refractivity contribution >= 4 is 5.91 Å². The van der Waals surface area contributed by atoms with Crippen molar-refractivity contribution in [2.75, 3.05) is 13.6 Å². The molecule has 1 amide bonds. The molecule has 0 aliphatic heterocycles. The molecule has 1 N–H and O–H groups in total. The topological polar surface area (TPSA) is 75.8 Å². The lowest BCUT2D eigenvalue weighted by Gasteiger charge is -2.22. The van der Waals surface area contributed by atoms with Crippen LogP contribution in [0, 0.1) is 11.6 Å². The number of rotatable bonds is 7. The highest BCUT2D eigenvalue weighted by atomic mass is 19.1. The Labute approximate surface area is 144 Å². The minimum absolute atomic E-state index is 0.0800. The van der Waals surface area contributed by atoms with Crippen molar-refractivity contribution in [3.63, 3.8) is 0 Å². The predicted molar refractivity (Wildman–Crippen MR) is 85.1 cm³/mol. The summed E-state index contributed by atoms with van der Waals surface area (Å²) in [4.78, 5) is 13.6. The Morgan fingerprint density at radius 3 is 2.72 bits per heavy atom. The summed E-state index contributed by atoms with van der Waals surface area (Å²) in [5.74, 6) is -1.81. The second-order valence-electron chi connectivity index (χ2n) is 6.33. The van der Waals surface area contributed by atoms with Crippen LogP contribution in [0.3, 0.4) is 0 Å². The monoisotopic (exact) mass is 354 g/mol. The van der Waals surface area contributed by atoms with Gasteiger partial charge in [0.1, 0.15) is 12.4 Å². The van der Waals surface area contributed by atoms with Gasteiger partial charge in [-0.25, -0.2) is 8.78 Å². The highest BCUT2D eigenvalue weighted by Gasteiger charge is 2.20. The van der Waals surface area contributed by atoms with Gasteiger partial charge in [-0.3, -0.25) is 4.79 Å². The Balaban J connectivity index is 1.93. The molecule has 136 valence electrons. The van der Waals surface area contributed by atoms with Crippen LogP contribution in [0.2, 0.25) is 0 Å². The van der Waals surface area contributed by atoms with Crippen molar-refractivity contribution in [1.82, 2.24) is 10.1 Å². The molecule has 0 atom stereocenters. The summed E-state index contributed by atoms with van der Waals surface area (Å²) in [5.41, 5.74) is -0.798. The third kappa shape index (κ3) is 5.53. The summed E-state index contributed by atoms with van der Waals surface area (Å²) in [6.45, 7) is 3.51. The highest BCUT2D eigenvalue weighted by molar-refractivity contribution is 5.92. The molecule has 0 fully saturated rings. The number of aromatic nitrogens is 1. The SMILES string of the molecule is CN(CCC(C)(C)O)C(=O)c1cc(COc2ccc(F)cc2F)on1. The van der Waals surface area contributed by atoms with Gasteiger partial charge in [-0.1, -0.05) is 5.16 Å². The zero-order valence-electron chi connectivity index (χ0n) is 14.3. The number of amides is 1. The van der Waals surface area contributed by atoms with Gasteiger partial charge in [-0.05, 0) is 32.4 Å². The number of nitrogens with zero attached hydrogens (tertiary/aromatic N) is 2. The number of hydrogen-bond donors (Lipinski definition) is 1. The number of hydrogen-bond acceptors (Lipinski definition) is 5. The summed E-state index contributed by atoms with van der Waals surface area (Å²) in [7, 11) is 1.59. The molecule has 0 bridgehead atoms. The van der Waals surface area contributed by atoms with E-state index >= 15 is 0 Å². The fourth-order valence-corrected chi connectivity index (χ4v) is 1.96. The molecule has 0 radical (unpaired) electrons. The van der Waals surface area contributed by atoms with Gasteiger partial charge in [0, 0.05) is 25.7 Å². The van der Waals surface area contributed by atoms with Gasteiger partial charge in [-0.2, -0.15) is 0 Å². The van der Waals surface area contributed by atoms with Gasteiger partial charge in [0.2, 0.25) is 0 Å². The Bertz CT molecular complexity index is 740. The maximum atomic E-state index is 13.5. The molecule has 0 unspecified atom stereocenters. The van der Waals surface area contributed by atoms with E-state index in [-0.39, 0.29) is 29.7 Å². The first-order valence-corrected chi connectivity index (χ1v) is 7.67. The lowest BCUT2D eigenvalue weighted by molar-refractivity contribution is 0.0540. The van der Waals surface area contributed by atoms with Gasteiger partial charge in [-0.15, -0.1) is 0 Å². The standard InChI is InChI=1S/C17H20F2N2O4/c1-17(2,23)6-7-21(3)16(22)14-9-12(25-20-14)10-24-15-5-4-11(18)8-13(15)19/h4-5,8-9,23H,6-7,10H2,1-3H3. The number of aliphatic hydroxyl groups is 1. The maximum Gasteiger partial charge on any atom is 0.275 e. The molecule has 0 saturated heterocycles. The Morgan fingerprint density at radius 2 is 2.08 bits per heavy atom. The molecule has 1 heterocycles. The first-order chi connectivity index (χ1) is 11.7. The highest BCUT2D eigenvalue weighted by Crippen LogP contribution is 2.19. The minimum Gasteiger partial charge on any atom is -0.482 e. The fourth-order valence-electron chi connectivity index (χ4n) is 1.96. The first kappa shape index (κ1) is 18.9. The molecule has 1 aromatic carbocycles. The van der Waals surface area contributed by atoms with Crippen LogP contribution in [-0.2, 0) is 6.61 Å². The van der Waals surface area contributed by atoms with E-state index in [0.29, 0.717) is 19.0 Å². The smallest absolute Gasteiger partial charge is 0.275 e. The molecule has 0 spiro atoms. The third-order valence-electron chi connectivity index (χ3n) is 3.45. The molecular formula is C17H20F2N2O4. The van der Waals surface area contributed by atoms with E-state index in [0.717, 1.165) is 12.1 Å². The van der Waals surface area contributed by atoms with Crippen LogP contribution in [0.25, 0.3) is 0 Å². The van der Waals surface area contributed by atoms with E-state index < -0.39 is 17.2 Å². The van der Waals surface area contributed by atoms with Crippen LogP contribution < -0.4 is 4.74 Å². The minimum atomic E-state index is -0.878. The molecule has 8 heteroatoms. The van der Waals surface area contributed by atoms with Crippen molar-refractivity contribution in [2.24, 2.45) is 0 Å². The van der Waals surface area contributed by atoms with Crippen LogP contribution in [0.15, 0.2) is 28.8 Å². The van der Waals surface area contributed by atoms with Gasteiger partial charge >= 0.3 is 0 Å². The van der Waals surface area contributed by atoms with E-state index in [1.807, 2.05) is 0 Å². The zero-order chi connectivity index (χ0) is 18.6. The Kier molecular flexibility index (Phi) is 5.73. The molecule has 6 nitrogen and oxygen atoms in total. The summed E-state index contributed by atoms with van der Waals surface area (Å²) in [6.07, 6.45) is 0.410. The van der Waals surface area contributed by atoms with Crippen molar-refractivity contribution < 1.29 is 27.9 Å². The zero-order valence-corrected chi connectivity index (χ0v) is 14.3. The van der Waals surface area contributed by atoms with Crippen LogP contribution in [0.4, 0.5) is 8.78 Å². The van der Waals surface area contributed by atoms with Crippen LogP contribution in [0.5, 0.6) is 5.75 Å². The van der Waals surface area contributed by atoms with Gasteiger partial charge in [0.25, 0.3) is 5.91 Å². The Morgan fingerprint density at radius 1 is 1.36 bits per heavy atom. The van der Waals surface area contributed by atoms with Crippen LogP contribution >= 0.6 is 0 Å². The lowest BCUT2D eigenvalue weighted by Crippen LogP contribution is -2.32. The lowest BCUT2D eigenvalue weighted by atomic mass is 10.1. The van der Waals surface area contributed by atoms with E-state index in [1.54, 1.807) is 20.9 Å². The molecule has 0 aliphatic rings. The van der Waals surface area contributed by atoms with E-state index in [9.17, 15) is 18.7 Å². The van der Waals surface area contributed by atoms with E-state index in [1.165, 1.54) is 11.0 Å². The first-order valence-electron chi connectivity index (χ1n) is 7.67. The van der Waals surface area contributed by atoms with Gasteiger partial charge in [0.15, 0.2) is 23.0 Å². The molecule has 1 aromatic heterocycles. The molecule has 2 rings (SSSR count).